The van der Waals surface area contributed by atoms with Crippen LogP contribution in [0.2, 0.25) is 0 Å². The van der Waals surface area contributed by atoms with Gasteiger partial charge in [0.2, 0.25) is 0 Å². The topological polar surface area (TPSA) is 78.9 Å². The number of hydrogen-bond donors (Lipinski definition) is 3. The summed E-state index contributed by atoms with van der Waals surface area (Å²) in [5.41, 5.74) is 3.02. The van der Waals surface area contributed by atoms with E-state index in [0.29, 0.717) is 6.54 Å². The number of anilines is 2. The Hall–Kier alpha value is -2.80. The van der Waals surface area contributed by atoms with Crippen molar-refractivity contribution in [1.29, 1.82) is 0 Å². The number of urea groups is 1. The zero-order chi connectivity index (χ0) is 17.1. The molecule has 3 N–H and O–H groups in total. The van der Waals surface area contributed by atoms with Gasteiger partial charge in [-0.1, -0.05) is 30.0 Å². The van der Waals surface area contributed by atoms with Crippen LogP contribution in [0.4, 0.5) is 16.3 Å². The zero-order valence-corrected chi connectivity index (χ0v) is 14.3. The molecule has 1 aliphatic carbocycles. The van der Waals surface area contributed by atoms with Crippen LogP contribution in [0.1, 0.15) is 12.8 Å². The quantitative estimate of drug-likeness (QED) is 0.785. The molecule has 0 radical (unpaired) electrons. The van der Waals surface area contributed by atoms with Crippen molar-refractivity contribution < 1.29 is 4.79 Å². The molecule has 7 heteroatoms. The van der Waals surface area contributed by atoms with Crippen LogP contribution in [0.5, 0.6) is 0 Å². The molecule has 1 aromatic heterocycles. The Kier molecular flexibility index (Phi) is 4.39. The van der Waals surface area contributed by atoms with E-state index in [4.69, 9.17) is 0 Å². The first kappa shape index (κ1) is 15.7. The highest BCUT2D eigenvalue weighted by molar-refractivity contribution is 8.03. The SMILES string of the molecule is O=C(NCC1=CC2=C(CC1)Sc1nccnc1N2)Nc1ccccc1. The summed E-state index contributed by atoms with van der Waals surface area (Å²) in [6.45, 7) is 0.523. The summed E-state index contributed by atoms with van der Waals surface area (Å²) in [6.07, 6.45) is 7.36. The van der Waals surface area contributed by atoms with Crippen LogP contribution in [0.15, 0.2) is 70.0 Å². The van der Waals surface area contributed by atoms with Gasteiger partial charge in [0.15, 0.2) is 5.82 Å². The molecule has 0 atom stereocenters. The van der Waals surface area contributed by atoms with Crippen molar-refractivity contribution in [3.8, 4) is 0 Å². The molecule has 2 aliphatic rings. The van der Waals surface area contributed by atoms with Gasteiger partial charge in [0.25, 0.3) is 0 Å². The molecule has 0 spiro atoms. The molecule has 2 aromatic rings. The fourth-order valence-electron chi connectivity index (χ4n) is 2.74. The Bertz CT molecular complexity index is 863. The van der Waals surface area contributed by atoms with E-state index in [-0.39, 0.29) is 6.03 Å². The minimum Gasteiger partial charge on any atom is -0.337 e. The second kappa shape index (κ2) is 6.98. The van der Waals surface area contributed by atoms with Gasteiger partial charge in [0.05, 0.1) is 0 Å². The highest BCUT2D eigenvalue weighted by Gasteiger charge is 2.22. The molecule has 1 aliphatic heterocycles. The number of aromatic nitrogens is 2. The van der Waals surface area contributed by atoms with Crippen molar-refractivity contribution in [3.05, 3.63) is 65.0 Å². The van der Waals surface area contributed by atoms with Crippen molar-refractivity contribution in [3.63, 3.8) is 0 Å². The number of para-hydroxylation sites is 1. The Morgan fingerprint density at radius 1 is 1.16 bits per heavy atom. The van der Waals surface area contributed by atoms with E-state index in [0.717, 1.165) is 35.1 Å². The van der Waals surface area contributed by atoms with Gasteiger partial charge < -0.3 is 16.0 Å². The summed E-state index contributed by atoms with van der Waals surface area (Å²) >= 11 is 1.67. The summed E-state index contributed by atoms with van der Waals surface area (Å²) in [7, 11) is 0. The fraction of sp³-hybridized carbons (Fsp3) is 0.167. The average Bonchev–Trinajstić information content (AvgIpc) is 2.65. The lowest BCUT2D eigenvalue weighted by Crippen LogP contribution is -2.31. The molecule has 0 fully saturated rings. The third kappa shape index (κ3) is 3.66. The number of thioether (sulfide) groups is 1. The normalized spacial score (nSPS) is 15.4. The average molecular weight is 351 g/mol. The maximum atomic E-state index is 12.0. The van der Waals surface area contributed by atoms with Gasteiger partial charge in [0.1, 0.15) is 5.03 Å². The Balaban J connectivity index is 1.37. The number of nitrogens with one attached hydrogen (secondary N) is 3. The molecule has 0 unspecified atom stereocenters. The summed E-state index contributed by atoms with van der Waals surface area (Å²) in [4.78, 5) is 21.9. The molecule has 4 rings (SSSR count). The van der Waals surface area contributed by atoms with Gasteiger partial charge in [-0.2, -0.15) is 0 Å². The highest BCUT2D eigenvalue weighted by Crippen LogP contribution is 2.42. The van der Waals surface area contributed by atoms with Crippen LogP contribution in [-0.4, -0.2) is 22.5 Å². The van der Waals surface area contributed by atoms with Crippen LogP contribution < -0.4 is 16.0 Å². The number of rotatable bonds is 3. The summed E-state index contributed by atoms with van der Waals surface area (Å²) in [5, 5.41) is 9.99. The molecule has 0 saturated heterocycles. The molecule has 1 aromatic carbocycles. The molecule has 126 valence electrons. The Morgan fingerprint density at radius 2 is 2.00 bits per heavy atom. The number of benzene rings is 1. The van der Waals surface area contributed by atoms with Gasteiger partial charge >= 0.3 is 6.03 Å². The third-order valence-corrected chi connectivity index (χ3v) is 5.13. The minimum atomic E-state index is -0.200. The predicted molar refractivity (Wildman–Crippen MR) is 99.3 cm³/mol. The fourth-order valence-corrected chi connectivity index (χ4v) is 3.71. The second-order valence-electron chi connectivity index (χ2n) is 5.75. The van der Waals surface area contributed by atoms with Crippen molar-refractivity contribution in [2.24, 2.45) is 0 Å². The zero-order valence-electron chi connectivity index (χ0n) is 13.5. The van der Waals surface area contributed by atoms with Crippen molar-refractivity contribution in [2.75, 3.05) is 17.2 Å². The number of carbonyl (C=O) groups excluding carboxylic acids is 1. The second-order valence-corrected chi connectivity index (χ2v) is 6.83. The first-order chi connectivity index (χ1) is 12.3. The predicted octanol–water partition coefficient (Wildman–Crippen LogP) is 3.75. The summed E-state index contributed by atoms with van der Waals surface area (Å²) < 4.78 is 0. The monoisotopic (exact) mass is 351 g/mol. The summed E-state index contributed by atoms with van der Waals surface area (Å²) in [5.74, 6) is 0.790. The third-order valence-electron chi connectivity index (χ3n) is 3.97. The number of amides is 2. The van der Waals surface area contributed by atoms with Crippen LogP contribution in [0, 0.1) is 0 Å². The van der Waals surface area contributed by atoms with E-state index < -0.39 is 0 Å². The van der Waals surface area contributed by atoms with Crippen molar-refractivity contribution in [1.82, 2.24) is 15.3 Å². The number of hydrogen-bond acceptors (Lipinski definition) is 5. The van der Waals surface area contributed by atoms with E-state index in [9.17, 15) is 4.79 Å². The molecule has 2 heterocycles. The van der Waals surface area contributed by atoms with Crippen molar-refractivity contribution >= 4 is 29.3 Å². The molecule has 25 heavy (non-hydrogen) atoms. The highest BCUT2D eigenvalue weighted by atomic mass is 32.2. The first-order valence-corrected chi connectivity index (χ1v) is 8.88. The van der Waals surface area contributed by atoms with Gasteiger partial charge in [0, 0.05) is 35.2 Å². The van der Waals surface area contributed by atoms with E-state index >= 15 is 0 Å². The summed E-state index contributed by atoms with van der Waals surface area (Å²) in [6, 6.07) is 9.21. The van der Waals surface area contributed by atoms with Crippen LogP contribution >= 0.6 is 11.8 Å². The minimum absolute atomic E-state index is 0.200. The van der Waals surface area contributed by atoms with E-state index in [2.05, 4.69) is 32.0 Å². The molecule has 2 amide bonds. The number of allylic oxidation sites excluding steroid dienone is 2. The lowest BCUT2D eigenvalue weighted by molar-refractivity contribution is 0.252. The smallest absolute Gasteiger partial charge is 0.319 e. The number of carbonyl (C=O) groups is 1. The van der Waals surface area contributed by atoms with Crippen LogP contribution in [0.3, 0.4) is 0 Å². The largest absolute Gasteiger partial charge is 0.337 e. The van der Waals surface area contributed by atoms with Crippen LogP contribution in [0.25, 0.3) is 0 Å². The molecule has 0 saturated carbocycles. The Morgan fingerprint density at radius 3 is 2.88 bits per heavy atom. The molecular formula is C18H17N5OS. The molecule has 6 nitrogen and oxygen atoms in total. The van der Waals surface area contributed by atoms with E-state index in [1.54, 1.807) is 24.2 Å². The van der Waals surface area contributed by atoms with Gasteiger partial charge in [-0.05, 0) is 36.6 Å². The first-order valence-electron chi connectivity index (χ1n) is 8.06. The van der Waals surface area contributed by atoms with E-state index in [1.807, 2.05) is 30.3 Å². The number of fused-ring (bicyclic) bond motifs is 1. The van der Waals surface area contributed by atoms with Gasteiger partial charge in [-0.15, -0.1) is 0 Å². The molecular weight excluding hydrogens is 334 g/mol. The lowest BCUT2D eigenvalue weighted by Gasteiger charge is -2.25. The van der Waals surface area contributed by atoms with E-state index in [1.165, 1.54) is 10.5 Å². The lowest BCUT2D eigenvalue weighted by atomic mass is 10.0. The Labute approximate surface area is 149 Å². The van der Waals surface area contributed by atoms with Gasteiger partial charge in [-0.3, -0.25) is 0 Å². The maximum Gasteiger partial charge on any atom is 0.319 e. The maximum absolute atomic E-state index is 12.0. The van der Waals surface area contributed by atoms with Crippen molar-refractivity contribution in [2.45, 2.75) is 17.9 Å². The standard InChI is InChI=1S/C18H17N5OS/c24-18(22-13-4-2-1-3-5-13)21-11-12-6-7-15-14(10-12)23-16-17(25-15)20-9-8-19-16/h1-5,8-10H,6-7,11H2,(H,19,23)(H2,21,22,24). The van der Waals surface area contributed by atoms with Gasteiger partial charge in [-0.25, -0.2) is 14.8 Å². The number of nitrogens with zero attached hydrogens (tertiary/aromatic N) is 2. The molecule has 0 bridgehead atoms. The van der Waals surface area contributed by atoms with Crippen LogP contribution in [-0.2, 0) is 0 Å².